The van der Waals surface area contributed by atoms with Crippen molar-refractivity contribution >= 4 is 0 Å². The molecule has 160 valence electrons. The van der Waals surface area contributed by atoms with Crippen LogP contribution in [-0.2, 0) is 13.1 Å². The maximum Gasteiger partial charge on any atom is 0.250 e. The molecule has 0 aliphatic heterocycles. The highest BCUT2D eigenvalue weighted by Gasteiger charge is 2.15. The van der Waals surface area contributed by atoms with Gasteiger partial charge in [-0.15, -0.1) is 0 Å². The van der Waals surface area contributed by atoms with Gasteiger partial charge in [0.25, 0.3) is 5.56 Å². The number of hydrogen-bond acceptors (Lipinski definition) is 7. The zero-order chi connectivity index (χ0) is 22.5. The number of hydrogen-bond donors (Lipinski definition) is 1. The summed E-state index contributed by atoms with van der Waals surface area (Å²) in [6.07, 6.45) is 3.61. The average molecular weight is 426 g/mol. The fraction of sp³-hybridized carbons (Fsp3) is 0.208. The molecule has 0 saturated heterocycles. The summed E-state index contributed by atoms with van der Waals surface area (Å²) in [5.41, 5.74) is 5.32. The molecule has 4 rings (SSSR count). The van der Waals surface area contributed by atoms with Gasteiger partial charge in [0, 0.05) is 42.5 Å². The lowest BCUT2D eigenvalue weighted by Gasteiger charge is -2.08. The van der Waals surface area contributed by atoms with Gasteiger partial charge in [0.1, 0.15) is 11.4 Å². The lowest BCUT2D eigenvalue weighted by Crippen LogP contribution is -2.18. The SMILES string of the molecule is CNCc1ccc(-c2cc(-c3nc(-c4ccc(=O)n(CCC#N)c4)cnc3C)on2)cc1. The van der Waals surface area contributed by atoms with Crippen LogP contribution >= 0.6 is 0 Å². The van der Waals surface area contributed by atoms with Crippen LogP contribution in [0.25, 0.3) is 34.0 Å². The maximum atomic E-state index is 12.0. The van der Waals surface area contributed by atoms with Crippen molar-refractivity contribution in [2.45, 2.75) is 26.4 Å². The summed E-state index contributed by atoms with van der Waals surface area (Å²) in [4.78, 5) is 21.2. The first-order valence-electron chi connectivity index (χ1n) is 10.2. The van der Waals surface area contributed by atoms with Gasteiger partial charge >= 0.3 is 0 Å². The number of nitriles is 1. The maximum absolute atomic E-state index is 12.0. The first-order valence-corrected chi connectivity index (χ1v) is 10.2. The van der Waals surface area contributed by atoms with E-state index in [0.29, 0.717) is 35.1 Å². The van der Waals surface area contributed by atoms with E-state index in [4.69, 9.17) is 14.8 Å². The number of aryl methyl sites for hydroxylation is 2. The van der Waals surface area contributed by atoms with Crippen molar-refractivity contribution in [2.75, 3.05) is 7.05 Å². The van der Waals surface area contributed by atoms with E-state index in [9.17, 15) is 4.79 Å². The second kappa shape index (κ2) is 9.37. The van der Waals surface area contributed by atoms with Crippen molar-refractivity contribution in [3.05, 3.63) is 76.5 Å². The first kappa shape index (κ1) is 21.2. The number of aromatic nitrogens is 4. The molecular weight excluding hydrogens is 404 g/mol. The van der Waals surface area contributed by atoms with Gasteiger partial charge in [-0.3, -0.25) is 9.78 Å². The third kappa shape index (κ3) is 4.48. The van der Waals surface area contributed by atoms with Crippen LogP contribution in [-0.4, -0.2) is 26.7 Å². The summed E-state index contributed by atoms with van der Waals surface area (Å²) in [6, 6.07) is 15.2. The highest BCUT2D eigenvalue weighted by molar-refractivity contribution is 5.68. The fourth-order valence-corrected chi connectivity index (χ4v) is 3.37. The summed E-state index contributed by atoms with van der Waals surface area (Å²) in [7, 11) is 1.91. The number of nitrogens with zero attached hydrogens (tertiary/aromatic N) is 5. The van der Waals surface area contributed by atoms with Gasteiger partial charge < -0.3 is 14.4 Å². The molecule has 3 heterocycles. The third-order valence-corrected chi connectivity index (χ3v) is 5.07. The Morgan fingerprint density at radius 2 is 1.91 bits per heavy atom. The van der Waals surface area contributed by atoms with Gasteiger partial charge in [-0.2, -0.15) is 5.26 Å². The van der Waals surface area contributed by atoms with Crippen molar-refractivity contribution in [3.8, 4) is 40.0 Å². The molecule has 0 saturated carbocycles. The Bertz CT molecular complexity index is 1330. The van der Waals surface area contributed by atoms with Crippen LogP contribution in [0.5, 0.6) is 0 Å². The Balaban J connectivity index is 1.66. The van der Waals surface area contributed by atoms with Gasteiger partial charge in [0.15, 0.2) is 5.76 Å². The average Bonchev–Trinajstić information content (AvgIpc) is 3.30. The smallest absolute Gasteiger partial charge is 0.250 e. The van der Waals surface area contributed by atoms with Gasteiger partial charge in [0.2, 0.25) is 0 Å². The molecule has 0 aliphatic rings. The van der Waals surface area contributed by atoms with Crippen LogP contribution in [0.15, 0.2) is 64.2 Å². The molecule has 0 radical (unpaired) electrons. The Morgan fingerprint density at radius 1 is 1.12 bits per heavy atom. The lowest BCUT2D eigenvalue weighted by atomic mass is 10.1. The molecule has 4 aromatic rings. The van der Waals surface area contributed by atoms with Crippen molar-refractivity contribution in [1.29, 1.82) is 5.26 Å². The minimum atomic E-state index is -0.162. The van der Waals surface area contributed by atoms with Gasteiger partial charge in [-0.25, -0.2) is 4.98 Å². The standard InChI is InChI=1S/C24H22N6O2/c1-16-24(22-12-20(29-32-22)18-6-4-17(5-7-18)13-26-2)28-21(14-27-16)19-8-9-23(31)30(15-19)11-3-10-25/h4-9,12,14-15,26H,3,11,13H2,1-2H3. The number of pyridine rings is 1. The molecule has 1 aromatic carbocycles. The number of rotatable bonds is 7. The van der Waals surface area contributed by atoms with E-state index in [-0.39, 0.29) is 12.0 Å². The zero-order valence-electron chi connectivity index (χ0n) is 17.9. The van der Waals surface area contributed by atoms with Crippen LogP contribution in [0.3, 0.4) is 0 Å². The minimum Gasteiger partial charge on any atom is -0.354 e. The topological polar surface area (TPSA) is 110 Å². The molecule has 8 nitrogen and oxygen atoms in total. The second-order valence-corrected chi connectivity index (χ2v) is 7.35. The summed E-state index contributed by atoms with van der Waals surface area (Å²) in [5, 5.41) is 16.1. The fourth-order valence-electron chi connectivity index (χ4n) is 3.37. The highest BCUT2D eigenvalue weighted by atomic mass is 16.5. The third-order valence-electron chi connectivity index (χ3n) is 5.07. The van der Waals surface area contributed by atoms with Gasteiger partial charge in [-0.1, -0.05) is 29.4 Å². The van der Waals surface area contributed by atoms with E-state index in [1.54, 1.807) is 18.5 Å². The number of nitrogens with one attached hydrogen (secondary N) is 1. The summed E-state index contributed by atoms with van der Waals surface area (Å²) in [6.45, 7) is 2.98. The molecule has 0 spiro atoms. The minimum absolute atomic E-state index is 0.162. The lowest BCUT2D eigenvalue weighted by molar-refractivity contribution is 0.433. The van der Waals surface area contributed by atoms with Crippen molar-refractivity contribution < 1.29 is 4.52 Å². The largest absolute Gasteiger partial charge is 0.354 e. The molecule has 1 N–H and O–H groups in total. The molecule has 0 aliphatic carbocycles. The molecule has 0 amide bonds. The quantitative estimate of drug-likeness (QED) is 0.481. The molecule has 3 aromatic heterocycles. The molecule has 0 atom stereocenters. The predicted molar refractivity (Wildman–Crippen MR) is 120 cm³/mol. The highest BCUT2D eigenvalue weighted by Crippen LogP contribution is 2.28. The second-order valence-electron chi connectivity index (χ2n) is 7.35. The molecular formula is C24H22N6O2. The summed E-state index contributed by atoms with van der Waals surface area (Å²) < 4.78 is 7.10. The molecule has 0 bridgehead atoms. The zero-order valence-corrected chi connectivity index (χ0v) is 17.9. The molecule has 8 heteroatoms. The van der Waals surface area contributed by atoms with Gasteiger partial charge in [-0.05, 0) is 25.6 Å². The Hall–Kier alpha value is -4.09. The first-order chi connectivity index (χ1) is 15.6. The van der Waals surface area contributed by atoms with Crippen LogP contribution in [0.4, 0.5) is 0 Å². The van der Waals surface area contributed by atoms with E-state index in [0.717, 1.165) is 17.7 Å². The summed E-state index contributed by atoms with van der Waals surface area (Å²) in [5.74, 6) is 0.518. The molecule has 32 heavy (non-hydrogen) atoms. The van der Waals surface area contributed by atoms with E-state index >= 15 is 0 Å². The Morgan fingerprint density at radius 3 is 2.66 bits per heavy atom. The predicted octanol–water partition coefficient (Wildman–Crippen LogP) is 3.57. The Labute approximate surface area is 185 Å². The molecule has 0 unspecified atom stereocenters. The van der Waals surface area contributed by atoms with Crippen LogP contribution in [0.2, 0.25) is 0 Å². The van der Waals surface area contributed by atoms with Gasteiger partial charge in [0.05, 0.1) is 30.1 Å². The van der Waals surface area contributed by atoms with Crippen LogP contribution in [0, 0.1) is 18.3 Å². The van der Waals surface area contributed by atoms with Crippen molar-refractivity contribution in [1.82, 2.24) is 25.0 Å². The Kier molecular flexibility index (Phi) is 6.19. The normalized spacial score (nSPS) is 10.8. The van der Waals surface area contributed by atoms with Crippen LogP contribution < -0.4 is 10.9 Å². The van der Waals surface area contributed by atoms with Crippen LogP contribution in [0.1, 0.15) is 17.7 Å². The van der Waals surface area contributed by atoms with E-state index in [1.807, 2.05) is 44.3 Å². The van der Waals surface area contributed by atoms with Crippen molar-refractivity contribution in [2.24, 2.45) is 0 Å². The van der Waals surface area contributed by atoms with E-state index < -0.39 is 0 Å². The van der Waals surface area contributed by atoms with Crippen molar-refractivity contribution in [3.63, 3.8) is 0 Å². The monoisotopic (exact) mass is 426 g/mol. The summed E-state index contributed by atoms with van der Waals surface area (Å²) >= 11 is 0. The van der Waals surface area contributed by atoms with E-state index in [2.05, 4.69) is 21.5 Å². The molecule has 0 fully saturated rings. The number of benzene rings is 1. The van der Waals surface area contributed by atoms with E-state index in [1.165, 1.54) is 16.2 Å².